The number of aliphatic carboxylic acids is 1. The SMILES string of the molecule is CCCCC/C=C\C/C=C\CCCCCCCCCCCC(=O)OC[C@H](COP(=O)(O)OC[C@H](N)C(=O)O)OC(=O)CCCCCCCCCCCCCCCCCCC. The van der Waals surface area contributed by atoms with E-state index in [4.69, 9.17) is 24.8 Å². The summed E-state index contributed by atoms with van der Waals surface area (Å²) in [5.41, 5.74) is 5.35. The highest BCUT2D eigenvalue weighted by Crippen LogP contribution is 2.43. The van der Waals surface area contributed by atoms with Crippen LogP contribution in [0, 0.1) is 0 Å². The molecule has 0 radical (unpaired) electrons. The third kappa shape index (κ3) is 42.6. The highest BCUT2D eigenvalue weighted by atomic mass is 31.2. The molecule has 3 atom stereocenters. The van der Waals surface area contributed by atoms with Crippen LogP contribution in [0.25, 0.3) is 0 Å². The van der Waals surface area contributed by atoms with Gasteiger partial charge in [0.1, 0.15) is 12.6 Å². The number of carboxylic acids is 1. The number of unbranched alkanes of at least 4 members (excludes halogenated alkanes) is 28. The maximum absolute atomic E-state index is 12.7. The molecule has 0 amide bonds. The van der Waals surface area contributed by atoms with Gasteiger partial charge in [0.05, 0.1) is 13.2 Å². The molecule has 0 saturated carbocycles. The summed E-state index contributed by atoms with van der Waals surface area (Å²) in [6, 6.07) is -1.52. The number of ether oxygens (including phenoxy) is 2. The standard InChI is InChI=1S/C48H90NO10P/c1-3-5-7-9-11-13-15-17-19-21-22-24-25-27-29-31-33-35-37-39-46(50)56-41-44(42-57-60(54,55)58-43-45(49)48(52)53)59-47(51)40-38-36-34-32-30-28-26-23-20-18-16-14-12-10-8-6-4-2/h11,13,17,19,44-45H,3-10,12,14-16,18,20-43,49H2,1-2H3,(H,52,53)(H,54,55)/b13-11-,19-17-/t44-,45+/m1/s1. The highest BCUT2D eigenvalue weighted by Gasteiger charge is 2.28. The molecule has 0 aliphatic carbocycles. The molecular formula is C48H90NO10P. The van der Waals surface area contributed by atoms with E-state index in [1.54, 1.807) is 0 Å². The topological polar surface area (TPSA) is 172 Å². The number of rotatable bonds is 46. The van der Waals surface area contributed by atoms with Crippen LogP contribution in [0.3, 0.4) is 0 Å². The van der Waals surface area contributed by atoms with E-state index in [1.807, 2.05) is 0 Å². The summed E-state index contributed by atoms with van der Waals surface area (Å²) in [5, 5.41) is 8.91. The van der Waals surface area contributed by atoms with Gasteiger partial charge >= 0.3 is 25.7 Å². The van der Waals surface area contributed by atoms with Crippen molar-refractivity contribution in [3.8, 4) is 0 Å². The molecule has 60 heavy (non-hydrogen) atoms. The number of phosphoric ester groups is 1. The summed E-state index contributed by atoms with van der Waals surface area (Å²) in [6.45, 7) is 2.81. The van der Waals surface area contributed by atoms with Gasteiger partial charge in [-0.3, -0.25) is 23.4 Å². The number of hydrogen-bond donors (Lipinski definition) is 3. The van der Waals surface area contributed by atoms with E-state index in [1.165, 1.54) is 141 Å². The van der Waals surface area contributed by atoms with Gasteiger partial charge in [0.15, 0.2) is 6.10 Å². The van der Waals surface area contributed by atoms with E-state index in [0.29, 0.717) is 12.8 Å². The summed E-state index contributed by atoms with van der Waals surface area (Å²) in [7, 11) is -4.72. The average molecular weight is 872 g/mol. The maximum Gasteiger partial charge on any atom is 0.472 e. The Balaban J connectivity index is 4.26. The fourth-order valence-corrected chi connectivity index (χ4v) is 7.64. The van der Waals surface area contributed by atoms with Gasteiger partial charge in [0.25, 0.3) is 0 Å². The van der Waals surface area contributed by atoms with E-state index in [0.717, 1.165) is 51.4 Å². The number of hydrogen-bond acceptors (Lipinski definition) is 9. The predicted molar refractivity (Wildman–Crippen MR) is 245 cm³/mol. The maximum atomic E-state index is 12.7. The first-order valence-corrected chi connectivity index (χ1v) is 25.9. The van der Waals surface area contributed by atoms with Crippen LogP contribution in [0.5, 0.6) is 0 Å². The summed E-state index contributed by atoms with van der Waals surface area (Å²) in [6.07, 6.45) is 46.6. The number of carbonyl (C=O) groups is 3. The molecular weight excluding hydrogens is 781 g/mol. The first-order valence-electron chi connectivity index (χ1n) is 24.4. The van der Waals surface area contributed by atoms with E-state index >= 15 is 0 Å². The smallest absolute Gasteiger partial charge is 0.472 e. The van der Waals surface area contributed by atoms with Gasteiger partial charge < -0.3 is 25.2 Å². The molecule has 0 saturated heterocycles. The minimum absolute atomic E-state index is 0.165. The number of allylic oxidation sites excluding steroid dienone is 4. The zero-order chi connectivity index (χ0) is 44.2. The van der Waals surface area contributed by atoms with Crippen molar-refractivity contribution < 1.29 is 47.5 Å². The predicted octanol–water partition coefficient (Wildman–Crippen LogP) is 13.4. The number of carbonyl (C=O) groups excluding carboxylic acids is 2. The van der Waals surface area contributed by atoms with Crippen molar-refractivity contribution in [2.75, 3.05) is 19.8 Å². The van der Waals surface area contributed by atoms with Gasteiger partial charge in [-0.05, 0) is 44.9 Å². The third-order valence-electron chi connectivity index (χ3n) is 10.7. The molecule has 0 heterocycles. The molecule has 352 valence electrons. The lowest BCUT2D eigenvalue weighted by molar-refractivity contribution is -0.161. The first-order chi connectivity index (χ1) is 29.1. The largest absolute Gasteiger partial charge is 0.480 e. The molecule has 0 aromatic rings. The molecule has 0 aliphatic heterocycles. The molecule has 0 bridgehead atoms. The molecule has 0 aromatic carbocycles. The third-order valence-corrected chi connectivity index (χ3v) is 11.7. The number of nitrogens with two attached hydrogens (primary N) is 1. The van der Waals surface area contributed by atoms with Crippen LogP contribution in [-0.4, -0.2) is 59.9 Å². The fraction of sp³-hybridized carbons (Fsp3) is 0.854. The van der Waals surface area contributed by atoms with Crippen molar-refractivity contribution >= 4 is 25.7 Å². The highest BCUT2D eigenvalue weighted by molar-refractivity contribution is 7.47. The van der Waals surface area contributed by atoms with Gasteiger partial charge in [-0.25, -0.2) is 4.57 Å². The lowest BCUT2D eigenvalue weighted by Gasteiger charge is -2.20. The second kappa shape index (κ2) is 43.6. The van der Waals surface area contributed by atoms with Crippen LogP contribution in [0.15, 0.2) is 24.3 Å². The first kappa shape index (κ1) is 58.0. The molecule has 0 spiro atoms. The molecule has 0 rings (SSSR count). The van der Waals surface area contributed by atoms with E-state index in [-0.39, 0.29) is 19.4 Å². The molecule has 11 nitrogen and oxygen atoms in total. The van der Waals surface area contributed by atoms with Crippen LogP contribution >= 0.6 is 7.82 Å². The molecule has 0 aliphatic rings. The van der Waals surface area contributed by atoms with E-state index in [2.05, 4.69) is 42.7 Å². The van der Waals surface area contributed by atoms with Crippen molar-refractivity contribution in [3.63, 3.8) is 0 Å². The van der Waals surface area contributed by atoms with Gasteiger partial charge in [-0.15, -0.1) is 0 Å². The van der Waals surface area contributed by atoms with Crippen LogP contribution < -0.4 is 5.73 Å². The molecule has 1 unspecified atom stereocenters. The molecule has 0 aromatic heterocycles. The average Bonchev–Trinajstić information content (AvgIpc) is 3.22. The summed E-state index contributed by atoms with van der Waals surface area (Å²) < 4.78 is 32.8. The second-order valence-corrected chi connectivity index (χ2v) is 18.1. The Kier molecular flexibility index (Phi) is 42.1. The van der Waals surface area contributed by atoms with Gasteiger partial charge in [-0.1, -0.05) is 199 Å². The van der Waals surface area contributed by atoms with Crippen LogP contribution in [-0.2, 0) is 37.5 Å². The van der Waals surface area contributed by atoms with Crippen molar-refractivity contribution in [1.82, 2.24) is 0 Å². The van der Waals surface area contributed by atoms with Crippen molar-refractivity contribution in [1.29, 1.82) is 0 Å². The van der Waals surface area contributed by atoms with Gasteiger partial charge in [0.2, 0.25) is 0 Å². The Morgan fingerprint density at radius 2 is 0.883 bits per heavy atom. The Hall–Kier alpha value is -2.04. The van der Waals surface area contributed by atoms with Crippen LogP contribution in [0.4, 0.5) is 0 Å². The van der Waals surface area contributed by atoms with Crippen molar-refractivity contribution in [2.45, 2.75) is 244 Å². The quantitative estimate of drug-likeness (QED) is 0.0230. The zero-order valence-electron chi connectivity index (χ0n) is 38.3. The fourth-order valence-electron chi connectivity index (χ4n) is 6.86. The minimum atomic E-state index is -4.72. The van der Waals surface area contributed by atoms with E-state index in [9.17, 15) is 23.8 Å². The van der Waals surface area contributed by atoms with Crippen molar-refractivity contribution in [3.05, 3.63) is 24.3 Å². The summed E-state index contributed by atoms with van der Waals surface area (Å²) in [5.74, 6) is -2.37. The Morgan fingerprint density at radius 3 is 1.33 bits per heavy atom. The monoisotopic (exact) mass is 872 g/mol. The van der Waals surface area contributed by atoms with Crippen LogP contribution in [0.1, 0.15) is 232 Å². The van der Waals surface area contributed by atoms with Crippen molar-refractivity contribution in [2.24, 2.45) is 5.73 Å². The van der Waals surface area contributed by atoms with Gasteiger partial charge in [-0.2, -0.15) is 0 Å². The number of esters is 2. The van der Waals surface area contributed by atoms with E-state index < -0.39 is 51.1 Å². The summed E-state index contributed by atoms with van der Waals surface area (Å²) >= 11 is 0. The summed E-state index contributed by atoms with van der Waals surface area (Å²) in [4.78, 5) is 46.1. The second-order valence-electron chi connectivity index (χ2n) is 16.6. The molecule has 0 fully saturated rings. The lowest BCUT2D eigenvalue weighted by atomic mass is 10.0. The molecule has 12 heteroatoms. The number of carboxylic acid groups (broad SMARTS) is 1. The van der Waals surface area contributed by atoms with Gasteiger partial charge in [0, 0.05) is 12.8 Å². The minimum Gasteiger partial charge on any atom is -0.480 e. The Morgan fingerprint density at radius 1 is 0.517 bits per heavy atom. The molecule has 4 N–H and O–H groups in total. The Labute approximate surface area is 366 Å². The van der Waals surface area contributed by atoms with Crippen LogP contribution in [0.2, 0.25) is 0 Å². The lowest BCUT2D eigenvalue weighted by Crippen LogP contribution is -2.34. The number of phosphoric acid groups is 1. The normalized spacial score (nSPS) is 13.8. The Bertz CT molecular complexity index is 1120. The zero-order valence-corrected chi connectivity index (χ0v) is 39.2.